The van der Waals surface area contributed by atoms with Gasteiger partial charge < -0.3 is 20.6 Å². The van der Waals surface area contributed by atoms with Crippen LogP contribution in [0, 0.1) is 12.7 Å². The zero-order chi connectivity index (χ0) is 29.8. The Labute approximate surface area is 240 Å². The highest BCUT2D eigenvalue weighted by Gasteiger charge is 2.24. The summed E-state index contributed by atoms with van der Waals surface area (Å²) in [6.07, 6.45) is 1.45. The van der Waals surface area contributed by atoms with E-state index in [-0.39, 0.29) is 24.2 Å². The van der Waals surface area contributed by atoms with E-state index in [1.54, 1.807) is 6.07 Å². The molecule has 0 aliphatic heterocycles. The van der Waals surface area contributed by atoms with Crippen LogP contribution in [-0.2, 0) is 10.3 Å². The first kappa shape index (κ1) is 27.3. The summed E-state index contributed by atoms with van der Waals surface area (Å²) in [5.74, 6) is -1.07. The number of primary amides is 1. The Morgan fingerprint density at radius 2 is 1.88 bits per heavy atom. The second-order valence-corrected chi connectivity index (χ2v) is 10.8. The lowest BCUT2D eigenvalue weighted by molar-refractivity contribution is -0.0369. The molecule has 0 radical (unpaired) electrons. The number of nitrogens with zero attached hydrogens (tertiary/aromatic N) is 2. The van der Waals surface area contributed by atoms with E-state index in [1.165, 1.54) is 29.1 Å². The van der Waals surface area contributed by atoms with E-state index in [0.717, 1.165) is 38.5 Å². The number of nitrogens with one attached hydrogen (secondary N) is 1. The van der Waals surface area contributed by atoms with Gasteiger partial charge in [-0.05, 0) is 79.4 Å². The summed E-state index contributed by atoms with van der Waals surface area (Å²) in [5.41, 5.74) is 10.9. The fourth-order valence-corrected chi connectivity index (χ4v) is 5.64. The molecule has 0 aliphatic rings. The third-order valence-electron chi connectivity index (χ3n) is 7.84. The number of hydrogen-bond acceptors (Lipinski definition) is 5. The van der Waals surface area contributed by atoms with E-state index in [9.17, 15) is 19.1 Å². The largest absolute Gasteiger partial charge is 0.394 e. The van der Waals surface area contributed by atoms with E-state index >= 15 is 0 Å². The number of H-pyrrole nitrogens is 1. The Morgan fingerprint density at radius 1 is 1.07 bits per heavy atom. The van der Waals surface area contributed by atoms with Crippen molar-refractivity contribution >= 4 is 38.6 Å². The average molecular weight is 565 g/mol. The van der Waals surface area contributed by atoms with Crippen LogP contribution in [0.1, 0.15) is 35.3 Å². The highest BCUT2D eigenvalue weighted by Crippen LogP contribution is 2.40. The van der Waals surface area contributed by atoms with Crippen LogP contribution in [0.15, 0.2) is 77.9 Å². The van der Waals surface area contributed by atoms with Gasteiger partial charge in [-0.25, -0.2) is 9.37 Å². The van der Waals surface area contributed by atoms with E-state index in [0.29, 0.717) is 22.3 Å². The molecular weight excluding hydrogens is 535 g/mol. The van der Waals surface area contributed by atoms with Gasteiger partial charge in [-0.3, -0.25) is 14.2 Å². The van der Waals surface area contributed by atoms with Crippen LogP contribution in [0.25, 0.3) is 49.5 Å². The number of aliphatic hydroxyl groups excluding tert-OH is 1. The topological polar surface area (TPSA) is 123 Å². The van der Waals surface area contributed by atoms with Crippen molar-refractivity contribution in [3.8, 4) is 16.8 Å². The normalized spacial score (nSPS) is 12.0. The number of rotatable bonds is 7. The number of aromatic amines is 1. The van der Waals surface area contributed by atoms with Gasteiger partial charge in [0.25, 0.3) is 11.5 Å². The maximum Gasteiger partial charge on any atom is 0.265 e. The van der Waals surface area contributed by atoms with Gasteiger partial charge in [-0.1, -0.05) is 30.3 Å². The molecule has 1 amide bonds. The highest BCUT2D eigenvalue weighted by atomic mass is 19.1. The molecule has 2 heterocycles. The Kier molecular flexibility index (Phi) is 6.64. The summed E-state index contributed by atoms with van der Waals surface area (Å²) >= 11 is 0. The number of carbonyl (C=O) groups excluding carboxylic acids is 1. The predicted octanol–water partition coefficient (Wildman–Crippen LogP) is 5.48. The van der Waals surface area contributed by atoms with Gasteiger partial charge in [0.1, 0.15) is 12.1 Å². The Bertz CT molecular complexity index is 2090. The lowest BCUT2D eigenvalue weighted by Crippen LogP contribution is -2.23. The molecule has 6 aromatic rings. The molecule has 0 unspecified atom stereocenters. The first-order valence-corrected chi connectivity index (χ1v) is 13.5. The molecule has 6 rings (SSSR count). The number of amides is 1. The molecule has 9 heteroatoms. The average Bonchev–Trinajstić information content (AvgIpc) is 3.35. The molecule has 0 saturated carbocycles. The van der Waals surface area contributed by atoms with Gasteiger partial charge >= 0.3 is 0 Å². The van der Waals surface area contributed by atoms with Crippen LogP contribution in [0.3, 0.4) is 0 Å². The Balaban J connectivity index is 1.58. The summed E-state index contributed by atoms with van der Waals surface area (Å²) < 4.78 is 21.3. The van der Waals surface area contributed by atoms with Gasteiger partial charge in [0.05, 0.1) is 46.5 Å². The molecule has 0 aliphatic carbocycles. The van der Waals surface area contributed by atoms with Gasteiger partial charge in [0, 0.05) is 16.3 Å². The zero-order valence-corrected chi connectivity index (χ0v) is 23.4. The molecule has 42 heavy (non-hydrogen) atoms. The SMILES string of the molecule is Cc1c(-c2ccc(C(N)=O)c3[nH]c4cc(C(C)(C)OCCO)ccc4c23)cccc1-n1cnc2ccc(F)cc2c1=O. The summed E-state index contributed by atoms with van der Waals surface area (Å²) in [6, 6.07) is 19.1. The number of aliphatic hydroxyl groups is 1. The molecule has 8 nitrogen and oxygen atoms in total. The van der Waals surface area contributed by atoms with Gasteiger partial charge in [-0.2, -0.15) is 0 Å². The molecule has 4 aromatic carbocycles. The second-order valence-electron chi connectivity index (χ2n) is 10.8. The van der Waals surface area contributed by atoms with Crippen molar-refractivity contribution in [3.63, 3.8) is 0 Å². The third kappa shape index (κ3) is 4.43. The van der Waals surface area contributed by atoms with E-state index in [4.69, 9.17) is 10.5 Å². The van der Waals surface area contributed by atoms with Crippen molar-refractivity contribution < 1.29 is 19.0 Å². The number of benzene rings is 4. The maximum atomic E-state index is 14.0. The molecule has 4 N–H and O–H groups in total. The van der Waals surface area contributed by atoms with Crippen molar-refractivity contribution in [3.05, 3.63) is 106 Å². The minimum absolute atomic E-state index is 0.0832. The van der Waals surface area contributed by atoms with Crippen LogP contribution in [-0.4, -0.2) is 38.8 Å². The monoisotopic (exact) mass is 564 g/mol. The number of aromatic nitrogens is 3. The number of fused-ring (bicyclic) bond motifs is 4. The third-order valence-corrected chi connectivity index (χ3v) is 7.84. The molecular formula is C33H29FN4O4. The Morgan fingerprint density at radius 3 is 2.64 bits per heavy atom. The number of halogens is 1. The molecule has 0 saturated heterocycles. The fraction of sp³-hybridized carbons (Fsp3) is 0.182. The lowest BCUT2D eigenvalue weighted by Gasteiger charge is -2.25. The zero-order valence-electron chi connectivity index (χ0n) is 23.4. The van der Waals surface area contributed by atoms with Crippen LogP contribution < -0.4 is 11.3 Å². The van der Waals surface area contributed by atoms with Gasteiger partial charge in [-0.15, -0.1) is 0 Å². The standard InChI is InChI=1S/C33H29FN4O4/c1-18-21(5-4-6-28(18)38-17-36-26-12-8-20(34)16-25(26)32(38)41)22-10-11-24(31(35)40)30-29(22)23-9-7-19(15-27(23)37-30)33(2,3)42-14-13-39/h4-12,15-17,37,39H,13-14H2,1-3H3,(H2,35,40). The predicted molar refractivity (Wildman–Crippen MR) is 161 cm³/mol. The first-order chi connectivity index (χ1) is 20.1. The smallest absolute Gasteiger partial charge is 0.265 e. The van der Waals surface area contributed by atoms with E-state index in [1.807, 2.05) is 63.2 Å². The number of carbonyl (C=O) groups is 1. The minimum Gasteiger partial charge on any atom is -0.394 e. The number of ether oxygens (including phenoxy) is 1. The van der Waals surface area contributed by atoms with Crippen LogP contribution in [0.2, 0.25) is 0 Å². The maximum absolute atomic E-state index is 14.0. The number of nitrogens with two attached hydrogens (primary N) is 1. The van der Waals surface area contributed by atoms with Crippen LogP contribution in [0.5, 0.6) is 0 Å². The van der Waals surface area contributed by atoms with Crippen molar-refractivity contribution in [2.45, 2.75) is 26.4 Å². The minimum atomic E-state index is -0.654. The van der Waals surface area contributed by atoms with E-state index in [2.05, 4.69) is 9.97 Å². The molecule has 0 atom stereocenters. The van der Waals surface area contributed by atoms with Crippen molar-refractivity contribution in [1.82, 2.24) is 14.5 Å². The fourth-order valence-electron chi connectivity index (χ4n) is 5.64. The molecule has 2 aromatic heterocycles. The first-order valence-electron chi connectivity index (χ1n) is 13.5. The molecule has 0 fully saturated rings. The summed E-state index contributed by atoms with van der Waals surface area (Å²) in [4.78, 5) is 33.6. The van der Waals surface area contributed by atoms with Crippen molar-refractivity contribution in [2.24, 2.45) is 5.73 Å². The van der Waals surface area contributed by atoms with Gasteiger partial charge in [0.2, 0.25) is 0 Å². The highest BCUT2D eigenvalue weighted by molar-refractivity contribution is 6.20. The Hall–Kier alpha value is -4.86. The molecule has 0 bridgehead atoms. The summed E-state index contributed by atoms with van der Waals surface area (Å²) in [7, 11) is 0. The van der Waals surface area contributed by atoms with Gasteiger partial charge in [0.15, 0.2) is 0 Å². The second kappa shape index (κ2) is 10.2. The number of hydrogen-bond donors (Lipinski definition) is 3. The molecule has 0 spiro atoms. The van der Waals surface area contributed by atoms with Crippen LogP contribution >= 0.6 is 0 Å². The summed E-state index contributed by atoms with van der Waals surface area (Å²) in [5, 5.41) is 11.1. The summed E-state index contributed by atoms with van der Waals surface area (Å²) in [6.45, 7) is 5.89. The van der Waals surface area contributed by atoms with Crippen LogP contribution in [0.4, 0.5) is 4.39 Å². The van der Waals surface area contributed by atoms with E-state index < -0.39 is 17.3 Å². The quantitative estimate of drug-likeness (QED) is 0.237. The molecule has 212 valence electrons. The van der Waals surface area contributed by atoms with Crippen molar-refractivity contribution in [1.29, 1.82) is 0 Å². The van der Waals surface area contributed by atoms with Crippen molar-refractivity contribution in [2.75, 3.05) is 13.2 Å². The lowest BCUT2D eigenvalue weighted by atomic mass is 9.92.